The van der Waals surface area contributed by atoms with E-state index in [0.717, 1.165) is 18.8 Å². The molecule has 2 atom stereocenters. The van der Waals surface area contributed by atoms with Crippen molar-refractivity contribution in [3.8, 4) is 5.75 Å². The number of ether oxygens (including phenoxy) is 1. The first-order valence-electron chi connectivity index (χ1n) is 9.28. The van der Waals surface area contributed by atoms with Gasteiger partial charge >= 0.3 is 0 Å². The maximum Gasteiger partial charge on any atom is 0.118 e. The standard InChI is InChI=1S/C24H25NO/c1-18-16-25(17-19-8-4-3-5-9-19)23-11-7-6-10-22(23)24(18)20-12-14-21(26-2)15-13-20/h3-15,18,24H,16-17H2,1-2H3/t18-,24-/m1/s1. The van der Waals surface area contributed by atoms with Crippen LogP contribution < -0.4 is 9.64 Å². The lowest BCUT2D eigenvalue weighted by molar-refractivity contribution is 0.414. The van der Waals surface area contributed by atoms with Gasteiger partial charge in [-0.3, -0.25) is 0 Å². The first-order valence-corrected chi connectivity index (χ1v) is 9.28. The fourth-order valence-electron chi connectivity index (χ4n) is 4.17. The van der Waals surface area contributed by atoms with Crippen molar-refractivity contribution in [2.45, 2.75) is 19.4 Å². The Hall–Kier alpha value is -2.74. The van der Waals surface area contributed by atoms with E-state index in [9.17, 15) is 0 Å². The Morgan fingerprint density at radius 2 is 1.58 bits per heavy atom. The topological polar surface area (TPSA) is 12.5 Å². The van der Waals surface area contributed by atoms with Crippen LogP contribution in [0, 0.1) is 5.92 Å². The molecule has 0 spiro atoms. The molecular weight excluding hydrogens is 318 g/mol. The average molecular weight is 343 g/mol. The van der Waals surface area contributed by atoms with Crippen LogP contribution in [-0.2, 0) is 6.54 Å². The van der Waals surface area contributed by atoms with E-state index < -0.39 is 0 Å². The highest BCUT2D eigenvalue weighted by atomic mass is 16.5. The van der Waals surface area contributed by atoms with E-state index in [4.69, 9.17) is 4.74 Å². The summed E-state index contributed by atoms with van der Waals surface area (Å²) in [5.41, 5.74) is 5.50. The third-order valence-corrected chi connectivity index (χ3v) is 5.38. The highest BCUT2D eigenvalue weighted by Crippen LogP contribution is 2.43. The quantitative estimate of drug-likeness (QED) is 0.621. The van der Waals surface area contributed by atoms with Gasteiger partial charge in [-0.05, 0) is 40.8 Å². The molecule has 4 rings (SSSR count). The lowest BCUT2D eigenvalue weighted by Gasteiger charge is -2.40. The highest BCUT2D eigenvalue weighted by Gasteiger charge is 2.31. The maximum absolute atomic E-state index is 5.33. The van der Waals surface area contributed by atoms with Crippen LogP contribution >= 0.6 is 0 Å². The van der Waals surface area contributed by atoms with Crippen molar-refractivity contribution in [3.63, 3.8) is 0 Å². The van der Waals surface area contributed by atoms with Gasteiger partial charge in [-0.2, -0.15) is 0 Å². The first-order chi connectivity index (χ1) is 12.8. The molecule has 0 aliphatic carbocycles. The molecule has 1 aliphatic heterocycles. The molecule has 26 heavy (non-hydrogen) atoms. The zero-order chi connectivity index (χ0) is 17.9. The van der Waals surface area contributed by atoms with Gasteiger partial charge < -0.3 is 9.64 Å². The number of hydrogen-bond donors (Lipinski definition) is 0. The minimum absolute atomic E-state index is 0.420. The number of hydrogen-bond acceptors (Lipinski definition) is 2. The zero-order valence-electron chi connectivity index (χ0n) is 15.4. The van der Waals surface area contributed by atoms with E-state index in [1.54, 1.807) is 7.11 Å². The van der Waals surface area contributed by atoms with Gasteiger partial charge in [0, 0.05) is 24.7 Å². The fraction of sp³-hybridized carbons (Fsp3) is 0.250. The Morgan fingerprint density at radius 1 is 0.885 bits per heavy atom. The summed E-state index contributed by atoms with van der Waals surface area (Å²) < 4.78 is 5.33. The summed E-state index contributed by atoms with van der Waals surface area (Å²) in [6.07, 6.45) is 0. The summed E-state index contributed by atoms with van der Waals surface area (Å²) in [6, 6.07) is 28.2. The molecule has 0 bridgehead atoms. The maximum atomic E-state index is 5.33. The largest absolute Gasteiger partial charge is 0.497 e. The van der Waals surface area contributed by atoms with Crippen molar-refractivity contribution in [1.82, 2.24) is 0 Å². The number of fused-ring (bicyclic) bond motifs is 1. The van der Waals surface area contributed by atoms with E-state index in [1.807, 2.05) is 0 Å². The van der Waals surface area contributed by atoms with Crippen molar-refractivity contribution < 1.29 is 4.74 Å². The number of anilines is 1. The van der Waals surface area contributed by atoms with Crippen molar-refractivity contribution in [3.05, 3.63) is 95.6 Å². The van der Waals surface area contributed by atoms with Crippen molar-refractivity contribution in [2.75, 3.05) is 18.6 Å². The molecule has 1 heterocycles. The molecule has 0 N–H and O–H groups in total. The second kappa shape index (κ2) is 7.25. The lowest BCUT2D eigenvalue weighted by atomic mass is 9.77. The Labute approximate surface area is 156 Å². The molecule has 0 aromatic heterocycles. The first kappa shape index (κ1) is 16.7. The summed E-state index contributed by atoms with van der Waals surface area (Å²) >= 11 is 0. The van der Waals surface area contributed by atoms with E-state index in [0.29, 0.717) is 11.8 Å². The normalized spacial score (nSPS) is 19.1. The second-order valence-corrected chi connectivity index (χ2v) is 7.15. The minimum Gasteiger partial charge on any atom is -0.497 e. The molecule has 3 aromatic carbocycles. The van der Waals surface area contributed by atoms with Crippen LogP contribution in [-0.4, -0.2) is 13.7 Å². The molecule has 3 aromatic rings. The predicted octanol–water partition coefficient (Wildman–Crippen LogP) is 5.48. The summed E-state index contributed by atoms with van der Waals surface area (Å²) in [5.74, 6) is 1.88. The Kier molecular flexibility index (Phi) is 4.66. The highest BCUT2D eigenvalue weighted by molar-refractivity contribution is 5.60. The van der Waals surface area contributed by atoms with E-state index in [1.165, 1.54) is 22.4 Å². The molecule has 132 valence electrons. The summed E-state index contributed by atoms with van der Waals surface area (Å²) in [7, 11) is 1.72. The smallest absolute Gasteiger partial charge is 0.118 e. The van der Waals surface area contributed by atoms with Gasteiger partial charge in [-0.25, -0.2) is 0 Å². The zero-order valence-corrected chi connectivity index (χ0v) is 15.4. The van der Waals surface area contributed by atoms with E-state index in [2.05, 4.69) is 90.7 Å². The lowest BCUT2D eigenvalue weighted by Crippen LogP contribution is -2.36. The number of para-hydroxylation sites is 1. The predicted molar refractivity (Wildman–Crippen MR) is 108 cm³/mol. The Morgan fingerprint density at radius 3 is 2.31 bits per heavy atom. The van der Waals surface area contributed by atoms with Gasteiger partial charge in [0.25, 0.3) is 0 Å². The Balaban J connectivity index is 1.69. The summed E-state index contributed by atoms with van der Waals surface area (Å²) in [5, 5.41) is 0. The average Bonchev–Trinajstić information content (AvgIpc) is 2.69. The molecule has 2 nitrogen and oxygen atoms in total. The number of benzene rings is 3. The Bertz CT molecular complexity index is 857. The van der Waals surface area contributed by atoms with Crippen molar-refractivity contribution >= 4 is 5.69 Å². The summed E-state index contributed by atoms with van der Waals surface area (Å²) in [4.78, 5) is 2.52. The monoisotopic (exact) mass is 343 g/mol. The van der Waals surface area contributed by atoms with Crippen LogP contribution in [0.15, 0.2) is 78.9 Å². The molecule has 1 aliphatic rings. The van der Waals surface area contributed by atoms with Crippen LogP contribution in [0.25, 0.3) is 0 Å². The van der Waals surface area contributed by atoms with E-state index >= 15 is 0 Å². The van der Waals surface area contributed by atoms with Crippen LogP contribution in [0.4, 0.5) is 5.69 Å². The van der Waals surface area contributed by atoms with Crippen molar-refractivity contribution in [2.24, 2.45) is 5.92 Å². The van der Waals surface area contributed by atoms with Gasteiger partial charge in [0.2, 0.25) is 0 Å². The number of methoxy groups -OCH3 is 1. The van der Waals surface area contributed by atoms with Gasteiger partial charge in [0.05, 0.1) is 7.11 Å². The van der Waals surface area contributed by atoms with Crippen molar-refractivity contribution in [1.29, 1.82) is 0 Å². The minimum atomic E-state index is 0.420. The van der Waals surface area contributed by atoms with Gasteiger partial charge in [-0.1, -0.05) is 67.6 Å². The van der Waals surface area contributed by atoms with Gasteiger partial charge in [0.1, 0.15) is 5.75 Å². The van der Waals surface area contributed by atoms with E-state index in [-0.39, 0.29) is 0 Å². The molecule has 0 radical (unpaired) electrons. The van der Waals surface area contributed by atoms with Crippen LogP contribution in [0.3, 0.4) is 0 Å². The molecular formula is C24H25NO. The molecule has 2 heteroatoms. The van der Waals surface area contributed by atoms with Crippen LogP contribution in [0.1, 0.15) is 29.5 Å². The summed E-state index contributed by atoms with van der Waals surface area (Å²) in [6.45, 7) is 4.38. The van der Waals surface area contributed by atoms with Crippen LogP contribution in [0.2, 0.25) is 0 Å². The molecule has 0 saturated carbocycles. The third-order valence-electron chi connectivity index (χ3n) is 5.38. The molecule has 0 amide bonds. The number of nitrogens with zero attached hydrogens (tertiary/aromatic N) is 1. The van der Waals surface area contributed by atoms with Crippen LogP contribution in [0.5, 0.6) is 5.75 Å². The van der Waals surface area contributed by atoms with Gasteiger partial charge in [0.15, 0.2) is 0 Å². The number of rotatable bonds is 4. The SMILES string of the molecule is COc1ccc([C@@H]2c3ccccc3N(Cc3ccccc3)C[C@H]2C)cc1. The molecule has 0 fully saturated rings. The molecule has 0 unspecified atom stereocenters. The fourth-order valence-corrected chi connectivity index (χ4v) is 4.17. The third kappa shape index (κ3) is 3.20. The molecule has 0 saturated heterocycles. The second-order valence-electron chi connectivity index (χ2n) is 7.15. The van der Waals surface area contributed by atoms with Gasteiger partial charge in [-0.15, -0.1) is 0 Å².